The van der Waals surface area contributed by atoms with Crippen molar-refractivity contribution >= 4 is 52.4 Å². The van der Waals surface area contributed by atoms with Gasteiger partial charge in [-0.3, -0.25) is 18.9 Å². The van der Waals surface area contributed by atoms with Gasteiger partial charge < -0.3 is 34.1 Å². The Bertz CT molecular complexity index is 2390. The van der Waals surface area contributed by atoms with Crippen LogP contribution >= 0.6 is 18.7 Å². The van der Waals surface area contributed by atoms with Crippen molar-refractivity contribution in [2.24, 2.45) is 11.8 Å². The normalized spacial score (nSPS) is 25.6. The Morgan fingerprint density at radius 1 is 1.06 bits per heavy atom. The zero-order chi connectivity index (χ0) is 45.2. The van der Waals surface area contributed by atoms with Crippen LogP contribution in [0.4, 0.5) is 9.52 Å². The molecule has 0 spiro atoms. The summed E-state index contributed by atoms with van der Waals surface area (Å²) in [5.41, 5.74) is 2.56. The summed E-state index contributed by atoms with van der Waals surface area (Å²) >= 11 is 1.46. The zero-order valence-corrected chi connectivity index (χ0v) is 38.9. The number of methoxy groups -OCH3 is 1. The van der Waals surface area contributed by atoms with Gasteiger partial charge in [-0.15, -0.1) is 11.3 Å². The third-order valence-electron chi connectivity index (χ3n) is 13.5. The quantitative estimate of drug-likeness (QED) is 0.102. The number of fused-ring (bicyclic) bond motifs is 3. The molecule has 2 saturated heterocycles. The monoisotopic (exact) mass is 918 g/mol. The molecule has 4 aliphatic rings. The molecule has 344 valence electrons. The highest BCUT2D eigenvalue weighted by molar-refractivity contribution is 7.59. The van der Waals surface area contributed by atoms with Crippen molar-refractivity contribution in [3.63, 3.8) is 0 Å². The third kappa shape index (κ3) is 10.2. The zero-order valence-electron chi connectivity index (χ0n) is 37.2. The molecule has 2 aromatic carbocycles. The van der Waals surface area contributed by atoms with Crippen LogP contribution < -0.4 is 14.8 Å². The summed E-state index contributed by atoms with van der Waals surface area (Å²) in [5.74, 6) is -1.90. The molecule has 64 heavy (non-hydrogen) atoms. The van der Waals surface area contributed by atoms with Crippen molar-refractivity contribution < 1.29 is 47.2 Å². The Balaban J connectivity index is 1.13. The van der Waals surface area contributed by atoms with Gasteiger partial charge in [-0.2, -0.15) is 0 Å². The van der Waals surface area contributed by atoms with Gasteiger partial charge in [0.25, 0.3) is 0 Å². The number of anilines is 1. The van der Waals surface area contributed by atoms with Crippen molar-refractivity contribution in [3.05, 3.63) is 64.8 Å². The van der Waals surface area contributed by atoms with E-state index in [9.17, 15) is 23.8 Å². The third-order valence-corrected chi connectivity index (χ3v) is 17.1. The number of thiazole rings is 1. The molecule has 2 N–H and O–H groups in total. The van der Waals surface area contributed by atoms with Crippen LogP contribution in [-0.2, 0) is 34.6 Å². The second kappa shape index (κ2) is 19.6. The van der Waals surface area contributed by atoms with E-state index in [1.807, 2.05) is 43.5 Å². The molecular weight excluding hydrogens is 859 g/mol. The predicted molar refractivity (Wildman–Crippen MR) is 244 cm³/mol. The number of nitrogens with one attached hydrogen (secondary N) is 1. The van der Waals surface area contributed by atoms with E-state index in [1.165, 1.54) is 22.3 Å². The van der Waals surface area contributed by atoms with Crippen LogP contribution in [0.1, 0.15) is 102 Å². The summed E-state index contributed by atoms with van der Waals surface area (Å²) in [7, 11) is -2.62. The predicted octanol–water partition coefficient (Wildman–Crippen LogP) is 9.25. The number of ether oxygens (including phenoxy) is 4. The maximum Gasteiger partial charge on any atom is 0.306 e. The first kappa shape index (κ1) is 46.1. The minimum atomic E-state index is -4.20. The van der Waals surface area contributed by atoms with Gasteiger partial charge in [0.2, 0.25) is 13.3 Å². The average molecular weight is 919 g/mol. The van der Waals surface area contributed by atoms with E-state index >= 15 is 4.39 Å². The summed E-state index contributed by atoms with van der Waals surface area (Å²) in [6.45, 7) is 6.15. The van der Waals surface area contributed by atoms with Crippen molar-refractivity contribution in [2.75, 3.05) is 32.2 Å². The number of halogens is 1. The highest BCUT2D eigenvalue weighted by Gasteiger charge is 2.66. The van der Waals surface area contributed by atoms with Gasteiger partial charge in [-0.05, 0) is 95.4 Å². The molecule has 2 saturated carbocycles. The number of aromatic nitrogens is 2. The lowest BCUT2D eigenvalue weighted by atomic mass is 9.99. The number of rotatable bonds is 12. The summed E-state index contributed by atoms with van der Waals surface area (Å²) in [6.07, 6.45) is 5.15. The fraction of sp³-hybridized carbons (Fsp3) is 0.562. The van der Waals surface area contributed by atoms with Gasteiger partial charge in [-0.1, -0.05) is 25.0 Å². The molecule has 4 aromatic rings. The number of ketones is 1. The van der Waals surface area contributed by atoms with Gasteiger partial charge in [-0.25, -0.2) is 14.4 Å². The Morgan fingerprint density at radius 3 is 2.62 bits per heavy atom. The molecule has 8 rings (SSSR count). The molecule has 1 unspecified atom stereocenters. The lowest BCUT2D eigenvalue weighted by Crippen LogP contribution is -2.46. The van der Waals surface area contributed by atoms with Gasteiger partial charge in [0.1, 0.15) is 35.2 Å². The molecule has 4 heterocycles. The standard InChI is InChI=1S/C48H60FN4O9PS/c1-29(2)50-47-52-41(28-64-47)40-22-44(36-17-16-34(59-4)20-39(36)51-40)61-35-21-42-43(54)24-48(63(57,58)27-37-30(3)11-10-15-38(37)49)23-32(48)12-6-5-9-18-60-26-31(46(56)53(42)25-35)19-45(55)62-33-13-7-8-14-33/h10-11,15-17,20,22,28-29,31-33,35,42H,5-9,12-14,18-19,21,23-27H2,1-4H3,(H,50,52)(H,57,58)/t31-,32-,35+,42-,48+/m0/s1. The van der Waals surface area contributed by atoms with Crippen LogP contribution in [0, 0.1) is 24.6 Å². The van der Waals surface area contributed by atoms with Crippen LogP contribution in [0.5, 0.6) is 11.5 Å². The number of Topliss-reactive ketones (excluding diaryl/α,β-unsaturated/α-hetero) is 1. The maximum atomic E-state index is 15.2. The summed E-state index contributed by atoms with van der Waals surface area (Å²) in [6, 6.07) is 11.0. The summed E-state index contributed by atoms with van der Waals surface area (Å²) in [5, 5.41) is 5.42. The Labute approximate surface area is 378 Å². The number of hydrogen-bond donors (Lipinski definition) is 2. The van der Waals surface area contributed by atoms with E-state index in [4.69, 9.17) is 28.9 Å². The molecule has 6 atom stereocenters. The lowest BCUT2D eigenvalue weighted by Gasteiger charge is -2.30. The second-order valence-corrected chi connectivity index (χ2v) is 21.9. The molecule has 2 aromatic heterocycles. The first-order valence-electron chi connectivity index (χ1n) is 22.8. The number of hydrogen-bond acceptors (Lipinski definition) is 12. The number of aryl methyl sites for hydroxylation is 1. The molecule has 2 aliphatic carbocycles. The van der Waals surface area contributed by atoms with Gasteiger partial charge in [0.05, 0.1) is 61.2 Å². The van der Waals surface area contributed by atoms with Gasteiger partial charge >= 0.3 is 5.97 Å². The topological polar surface area (TPSA) is 166 Å². The highest BCUT2D eigenvalue weighted by Crippen LogP contribution is 2.75. The van der Waals surface area contributed by atoms with E-state index in [1.54, 1.807) is 26.2 Å². The average Bonchev–Trinajstić information content (AvgIpc) is 3.67. The lowest BCUT2D eigenvalue weighted by molar-refractivity contribution is -0.155. The Hall–Kier alpha value is -4.43. The van der Waals surface area contributed by atoms with Crippen molar-refractivity contribution in [3.8, 4) is 22.9 Å². The van der Waals surface area contributed by atoms with Crippen LogP contribution in [0.2, 0.25) is 0 Å². The van der Waals surface area contributed by atoms with E-state index in [-0.39, 0.29) is 68.0 Å². The first-order valence-corrected chi connectivity index (χ1v) is 25.5. The highest BCUT2D eigenvalue weighted by atomic mass is 32.1. The smallest absolute Gasteiger partial charge is 0.306 e. The number of nitrogens with zero attached hydrogens (tertiary/aromatic N) is 3. The van der Waals surface area contributed by atoms with E-state index in [2.05, 4.69) is 5.32 Å². The molecule has 0 bridgehead atoms. The van der Waals surface area contributed by atoms with E-state index in [0.29, 0.717) is 65.2 Å². The largest absolute Gasteiger partial charge is 0.497 e. The van der Waals surface area contributed by atoms with E-state index < -0.39 is 48.3 Å². The van der Waals surface area contributed by atoms with Crippen LogP contribution in [0.3, 0.4) is 0 Å². The number of carbonyl (C=O) groups excluding carboxylic acids is 3. The maximum absolute atomic E-state index is 15.2. The molecule has 4 fully saturated rings. The molecule has 13 nitrogen and oxygen atoms in total. The fourth-order valence-corrected chi connectivity index (χ4v) is 13.5. The van der Waals surface area contributed by atoms with Crippen LogP contribution in [-0.4, -0.2) is 93.7 Å². The van der Waals surface area contributed by atoms with Crippen LogP contribution in [0.25, 0.3) is 22.3 Å². The summed E-state index contributed by atoms with van der Waals surface area (Å²) in [4.78, 5) is 66.6. The molecule has 0 radical (unpaired) electrons. The Morgan fingerprint density at radius 2 is 1.86 bits per heavy atom. The SMILES string of the molecule is COc1ccc2c(O[C@@H]3C[C@H]4C(=O)C[C@]5(P(=O)(O)Cc6c(C)cccc6F)C[C@@H]5CCCCCOC[C@H](CC(=O)OC5CCCC5)C(=O)N4C3)cc(-c3csc(NC(C)C)n3)nc2c1. The van der Waals surface area contributed by atoms with E-state index in [0.717, 1.165) is 43.7 Å². The minimum Gasteiger partial charge on any atom is -0.497 e. The first-order chi connectivity index (χ1) is 30.7. The summed E-state index contributed by atoms with van der Waals surface area (Å²) < 4.78 is 54.2. The number of esters is 1. The number of amides is 1. The van der Waals surface area contributed by atoms with Crippen molar-refractivity contribution in [2.45, 2.75) is 133 Å². The Kier molecular flexibility index (Phi) is 14.1. The number of pyridine rings is 1. The minimum absolute atomic E-state index is 0.0134. The van der Waals surface area contributed by atoms with Crippen molar-refractivity contribution in [1.82, 2.24) is 14.9 Å². The van der Waals surface area contributed by atoms with Crippen molar-refractivity contribution in [1.29, 1.82) is 0 Å². The molecule has 1 amide bonds. The second-order valence-electron chi connectivity index (χ2n) is 18.5. The number of benzene rings is 2. The molecule has 2 aliphatic heterocycles. The van der Waals surface area contributed by atoms with Crippen LogP contribution in [0.15, 0.2) is 47.8 Å². The molecular formula is C48H60FN4O9PS. The molecule has 16 heteroatoms. The fourth-order valence-electron chi connectivity index (χ4n) is 9.90. The van der Waals surface area contributed by atoms with Gasteiger partial charge in [0.15, 0.2) is 10.9 Å². The van der Waals surface area contributed by atoms with Gasteiger partial charge in [0, 0.05) is 54.0 Å². The number of carbonyl (C=O) groups is 3.